The zero-order valence-electron chi connectivity index (χ0n) is 9.09. The molecule has 2 aromatic rings. The van der Waals surface area contributed by atoms with Gasteiger partial charge in [0.15, 0.2) is 0 Å². The van der Waals surface area contributed by atoms with Gasteiger partial charge in [-0.15, -0.1) is 0 Å². The average Bonchev–Trinajstić information content (AvgIpc) is 2.29. The Bertz CT molecular complexity index is 615. The Morgan fingerprint density at radius 3 is 2.82 bits per heavy atom. The van der Waals surface area contributed by atoms with Crippen molar-refractivity contribution in [2.24, 2.45) is 0 Å². The maximum Gasteiger partial charge on any atom is 0.329 e. The van der Waals surface area contributed by atoms with E-state index in [1.165, 1.54) is 10.6 Å². The van der Waals surface area contributed by atoms with Gasteiger partial charge in [0.05, 0.1) is 0 Å². The van der Waals surface area contributed by atoms with Gasteiger partial charge in [-0.2, -0.15) is 0 Å². The van der Waals surface area contributed by atoms with Crippen molar-refractivity contribution < 1.29 is 0 Å². The molecule has 0 aliphatic heterocycles. The van der Waals surface area contributed by atoms with Crippen LogP contribution in [0.25, 0.3) is 0 Å². The lowest BCUT2D eigenvalue weighted by Crippen LogP contribution is -2.31. The second-order valence-corrected chi connectivity index (χ2v) is 3.59. The van der Waals surface area contributed by atoms with Crippen molar-refractivity contribution in [3.05, 3.63) is 57.0 Å². The zero-order chi connectivity index (χ0) is 12.3. The van der Waals surface area contributed by atoms with E-state index < -0.39 is 11.2 Å². The Kier molecular flexibility index (Phi) is 3.04. The maximum absolute atomic E-state index is 11.5. The molecule has 0 radical (unpaired) electrons. The third-order valence-electron chi connectivity index (χ3n) is 2.38. The van der Waals surface area contributed by atoms with Crippen LogP contribution in [0, 0.1) is 0 Å². The van der Waals surface area contributed by atoms with E-state index in [0.717, 1.165) is 5.69 Å². The van der Waals surface area contributed by atoms with Crippen LogP contribution in [0.3, 0.4) is 0 Å². The molecule has 2 rings (SSSR count). The van der Waals surface area contributed by atoms with Gasteiger partial charge >= 0.3 is 5.69 Å². The monoisotopic (exact) mass is 232 g/mol. The highest BCUT2D eigenvalue weighted by atomic mass is 16.2. The molecule has 0 bridgehead atoms. The lowest BCUT2D eigenvalue weighted by molar-refractivity contribution is 0.647. The lowest BCUT2D eigenvalue weighted by atomic mass is 10.3. The summed E-state index contributed by atoms with van der Waals surface area (Å²) in [5.74, 6) is 0.162. The van der Waals surface area contributed by atoms with Gasteiger partial charge in [-0.05, 0) is 12.1 Å². The second-order valence-electron chi connectivity index (χ2n) is 3.59. The van der Waals surface area contributed by atoms with Crippen LogP contribution in [0.4, 0.5) is 5.82 Å². The predicted octanol–water partition coefficient (Wildman–Crippen LogP) is -0.244. The standard InChI is InChI=1S/C11H12N4O2/c12-9-7-10(16)14-11(17)15(9)6-4-8-3-1-2-5-13-8/h1-3,5,7H,4,6,12H2,(H,14,16,17). The number of pyridine rings is 1. The van der Waals surface area contributed by atoms with Gasteiger partial charge < -0.3 is 5.73 Å². The van der Waals surface area contributed by atoms with Crippen molar-refractivity contribution in [3.63, 3.8) is 0 Å². The third kappa shape index (κ3) is 2.60. The fourth-order valence-corrected chi connectivity index (χ4v) is 1.54. The number of hydrogen-bond donors (Lipinski definition) is 2. The molecule has 0 aliphatic rings. The number of nitrogens with zero attached hydrogens (tertiary/aromatic N) is 2. The van der Waals surface area contributed by atoms with Gasteiger partial charge in [0.2, 0.25) is 0 Å². The fraction of sp³-hybridized carbons (Fsp3) is 0.182. The molecule has 0 saturated heterocycles. The number of aromatic nitrogens is 3. The number of nitrogens with one attached hydrogen (secondary N) is 1. The molecule has 3 N–H and O–H groups in total. The first-order valence-corrected chi connectivity index (χ1v) is 5.16. The Balaban J connectivity index is 2.21. The minimum atomic E-state index is -0.495. The maximum atomic E-state index is 11.5. The Labute approximate surface area is 96.8 Å². The molecular formula is C11H12N4O2. The highest BCUT2D eigenvalue weighted by Crippen LogP contribution is 1.99. The summed E-state index contributed by atoms with van der Waals surface area (Å²) in [5.41, 5.74) is 5.50. The van der Waals surface area contributed by atoms with Crippen LogP contribution < -0.4 is 17.0 Å². The van der Waals surface area contributed by atoms with Crippen molar-refractivity contribution in [1.82, 2.24) is 14.5 Å². The number of aryl methyl sites for hydroxylation is 1. The molecule has 0 saturated carbocycles. The Hall–Kier alpha value is -2.37. The summed E-state index contributed by atoms with van der Waals surface area (Å²) in [4.78, 5) is 28.8. The van der Waals surface area contributed by atoms with Crippen LogP contribution >= 0.6 is 0 Å². The summed E-state index contributed by atoms with van der Waals surface area (Å²) in [6, 6.07) is 6.76. The molecule has 6 heteroatoms. The highest BCUT2D eigenvalue weighted by molar-refractivity contribution is 5.26. The van der Waals surface area contributed by atoms with Crippen LogP contribution in [0.1, 0.15) is 5.69 Å². The van der Waals surface area contributed by atoms with Gasteiger partial charge in [-0.3, -0.25) is 19.3 Å². The number of anilines is 1. The summed E-state index contributed by atoms with van der Waals surface area (Å²) in [5, 5.41) is 0. The average molecular weight is 232 g/mol. The molecule has 0 unspecified atom stereocenters. The topological polar surface area (TPSA) is 93.8 Å². The largest absolute Gasteiger partial charge is 0.385 e. The number of nitrogens with two attached hydrogens (primary N) is 1. The normalized spacial score (nSPS) is 10.4. The van der Waals surface area contributed by atoms with Crippen LogP contribution in [-0.4, -0.2) is 14.5 Å². The summed E-state index contributed by atoms with van der Waals surface area (Å²) in [6.07, 6.45) is 2.27. The summed E-state index contributed by atoms with van der Waals surface area (Å²) >= 11 is 0. The molecule has 88 valence electrons. The zero-order valence-corrected chi connectivity index (χ0v) is 9.09. The number of aromatic amines is 1. The fourth-order valence-electron chi connectivity index (χ4n) is 1.54. The Morgan fingerprint density at radius 2 is 2.18 bits per heavy atom. The van der Waals surface area contributed by atoms with E-state index in [4.69, 9.17) is 5.73 Å². The first kappa shape index (κ1) is 11.1. The van der Waals surface area contributed by atoms with Gasteiger partial charge in [0.25, 0.3) is 5.56 Å². The number of nitrogen functional groups attached to an aromatic ring is 1. The predicted molar refractivity (Wildman–Crippen MR) is 63.7 cm³/mol. The summed E-state index contributed by atoms with van der Waals surface area (Å²) < 4.78 is 1.32. The lowest BCUT2D eigenvalue weighted by Gasteiger charge is -2.07. The summed E-state index contributed by atoms with van der Waals surface area (Å²) in [7, 11) is 0. The highest BCUT2D eigenvalue weighted by Gasteiger charge is 2.03. The van der Waals surface area contributed by atoms with E-state index in [0.29, 0.717) is 13.0 Å². The molecule has 0 spiro atoms. The molecule has 0 amide bonds. The van der Waals surface area contributed by atoms with E-state index in [1.807, 2.05) is 18.2 Å². The molecule has 0 aromatic carbocycles. The third-order valence-corrected chi connectivity index (χ3v) is 2.38. The SMILES string of the molecule is Nc1cc(=O)[nH]c(=O)n1CCc1ccccn1. The van der Waals surface area contributed by atoms with E-state index in [-0.39, 0.29) is 5.82 Å². The number of rotatable bonds is 3. The van der Waals surface area contributed by atoms with Gasteiger partial charge in [0, 0.05) is 30.9 Å². The molecule has 2 aromatic heterocycles. The molecular weight excluding hydrogens is 220 g/mol. The van der Waals surface area contributed by atoms with E-state index in [9.17, 15) is 9.59 Å². The van der Waals surface area contributed by atoms with Crippen LogP contribution in [0.2, 0.25) is 0 Å². The van der Waals surface area contributed by atoms with Gasteiger partial charge in [0.1, 0.15) is 5.82 Å². The number of H-pyrrole nitrogens is 1. The van der Waals surface area contributed by atoms with Crippen LogP contribution in [-0.2, 0) is 13.0 Å². The molecule has 0 aliphatic carbocycles. The summed E-state index contributed by atoms with van der Waals surface area (Å²) in [6.45, 7) is 0.387. The van der Waals surface area contributed by atoms with Crippen LogP contribution in [0.5, 0.6) is 0 Å². The van der Waals surface area contributed by atoms with E-state index in [1.54, 1.807) is 6.20 Å². The number of hydrogen-bond acceptors (Lipinski definition) is 4. The van der Waals surface area contributed by atoms with Crippen molar-refractivity contribution in [3.8, 4) is 0 Å². The molecule has 6 nitrogen and oxygen atoms in total. The van der Waals surface area contributed by atoms with Gasteiger partial charge in [-0.25, -0.2) is 4.79 Å². The van der Waals surface area contributed by atoms with Crippen molar-refractivity contribution in [2.45, 2.75) is 13.0 Å². The molecule has 17 heavy (non-hydrogen) atoms. The molecule has 0 fully saturated rings. The van der Waals surface area contributed by atoms with Gasteiger partial charge in [-0.1, -0.05) is 6.07 Å². The van der Waals surface area contributed by atoms with Crippen molar-refractivity contribution in [2.75, 3.05) is 5.73 Å². The molecule has 2 heterocycles. The smallest absolute Gasteiger partial charge is 0.329 e. The van der Waals surface area contributed by atoms with Crippen molar-refractivity contribution in [1.29, 1.82) is 0 Å². The quantitative estimate of drug-likeness (QED) is 0.763. The Morgan fingerprint density at radius 1 is 1.35 bits per heavy atom. The minimum Gasteiger partial charge on any atom is -0.385 e. The van der Waals surface area contributed by atoms with E-state index in [2.05, 4.69) is 9.97 Å². The van der Waals surface area contributed by atoms with Crippen LogP contribution in [0.15, 0.2) is 40.1 Å². The minimum absolute atomic E-state index is 0.162. The van der Waals surface area contributed by atoms with Crippen molar-refractivity contribution >= 4 is 5.82 Å². The first-order chi connectivity index (χ1) is 8.16. The van der Waals surface area contributed by atoms with E-state index >= 15 is 0 Å². The molecule has 0 atom stereocenters. The second kappa shape index (κ2) is 4.65. The first-order valence-electron chi connectivity index (χ1n) is 5.16.